The van der Waals surface area contributed by atoms with Crippen molar-refractivity contribution in [3.63, 3.8) is 0 Å². The molecule has 31 heavy (non-hydrogen) atoms. The number of likely N-dealkylation sites (tertiary alicyclic amines) is 1. The number of rotatable bonds is 7. The second kappa shape index (κ2) is 9.43. The van der Waals surface area contributed by atoms with Crippen molar-refractivity contribution in [3.8, 4) is 0 Å². The Morgan fingerprint density at radius 3 is 2.39 bits per heavy atom. The third-order valence-electron chi connectivity index (χ3n) is 6.16. The summed E-state index contributed by atoms with van der Waals surface area (Å²) < 4.78 is 0. The van der Waals surface area contributed by atoms with E-state index in [4.69, 9.17) is 0 Å². The average Bonchev–Trinajstić information content (AvgIpc) is 3.03. The summed E-state index contributed by atoms with van der Waals surface area (Å²) in [6, 6.07) is 14.7. The van der Waals surface area contributed by atoms with Gasteiger partial charge in [0.25, 0.3) is 17.7 Å². The molecule has 4 rings (SSSR count). The highest BCUT2D eigenvalue weighted by molar-refractivity contribution is 6.22. The monoisotopic (exact) mass is 419 g/mol. The largest absolute Gasteiger partial charge is 0.349 e. The number of hydrogen-bond donors (Lipinski definition) is 1. The number of benzene rings is 2. The van der Waals surface area contributed by atoms with E-state index in [-0.39, 0.29) is 23.8 Å². The summed E-state index contributed by atoms with van der Waals surface area (Å²) >= 11 is 0. The fourth-order valence-electron chi connectivity index (χ4n) is 4.41. The van der Waals surface area contributed by atoms with E-state index in [1.807, 2.05) is 30.3 Å². The number of hydrogen-bond acceptors (Lipinski definition) is 4. The van der Waals surface area contributed by atoms with Crippen LogP contribution in [0.2, 0.25) is 0 Å². The molecule has 1 saturated heterocycles. The molecule has 0 saturated carbocycles. The van der Waals surface area contributed by atoms with Gasteiger partial charge in [-0.25, -0.2) is 0 Å². The van der Waals surface area contributed by atoms with E-state index in [1.165, 1.54) is 4.90 Å². The SMILES string of the molecule is CCCN1CCC(NC(=O)c2ccc3c(c2)C(=O)N(CCc2ccccc2)C3=O)CC1. The number of nitrogens with one attached hydrogen (secondary N) is 1. The molecule has 162 valence electrons. The van der Waals surface area contributed by atoms with Gasteiger partial charge in [-0.05, 0) is 56.0 Å². The topological polar surface area (TPSA) is 69.7 Å². The maximum absolute atomic E-state index is 12.9. The molecule has 2 aromatic rings. The van der Waals surface area contributed by atoms with Gasteiger partial charge < -0.3 is 10.2 Å². The Labute approximate surface area is 183 Å². The van der Waals surface area contributed by atoms with E-state index in [1.54, 1.807) is 18.2 Å². The Kier molecular flexibility index (Phi) is 6.47. The first-order valence-corrected chi connectivity index (χ1v) is 11.1. The van der Waals surface area contributed by atoms with Crippen molar-refractivity contribution in [2.45, 2.75) is 38.6 Å². The van der Waals surface area contributed by atoms with Gasteiger partial charge in [0, 0.05) is 31.2 Å². The van der Waals surface area contributed by atoms with Crippen LogP contribution in [0.4, 0.5) is 0 Å². The van der Waals surface area contributed by atoms with Gasteiger partial charge in [-0.3, -0.25) is 19.3 Å². The second-order valence-corrected chi connectivity index (χ2v) is 8.35. The Morgan fingerprint density at radius 2 is 1.68 bits per heavy atom. The fourth-order valence-corrected chi connectivity index (χ4v) is 4.41. The molecule has 0 spiro atoms. The van der Waals surface area contributed by atoms with E-state index in [9.17, 15) is 14.4 Å². The zero-order valence-electron chi connectivity index (χ0n) is 18.0. The third kappa shape index (κ3) is 4.69. The summed E-state index contributed by atoms with van der Waals surface area (Å²) in [7, 11) is 0. The molecule has 2 aliphatic rings. The number of fused-ring (bicyclic) bond motifs is 1. The molecule has 2 aliphatic heterocycles. The Bertz CT molecular complexity index is 965. The molecular formula is C25H29N3O3. The fraction of sp³-hybridized carbons (Fsp3) is 0.400. The van der Waals surface area contributed by atoms with Crippen LogP contribution in [0.25, 0.3) is 0 Å². The second-order valence-electron chi connectivity index (χ2n) is 8.35. The summed E-state index contributed by atoms with van der Waals surface area (Å²) in [5.74, 6) is -0.788. The van der Waals surface area contributed by atoms with Crippen LogP contribution < -0.4 is 5.32 Å². The molecule has 0 radical (unpaired) electrons. The number of carbonyl (C=O) groups excluding carboxylic acids is 3. The normalized spacial score (nSPS) is 17.1. The molecule has 6 heteroatoms. The first-order chi connectivity index (χ1) is 15.1. The Balaban J connectivity index is 1.39. The van der Waals surface area contributed by atoms with Gasteiger partial charge in [0.05, 0.1) is 11.1 Å². The van der Waals surface area contributed by atoms with Crippen molar-refractivity contribution in [3.05, 3.63) is 70.8 Å². The number of nitrogens with zero attached hydrogens (tertiary/aromatic N) is 2. The quantitative estimate of drug-likeness (QED) is 0.700. The molecule has 6 nitrogen and oxygen atoms in total. The van der Waals surface area contributed by atoms with Crippen LogP contribution in [0.15, 0.2) is 48.5 Å². The molecular weight excluding hydrogens is 390 g/mol. The minimum atomic E-state index is -0.321. The van der Waals surface area contributed by atoms with Crippen LogP contribution >= 0.6 is 0 Å². The maximum atomic E-state index is 12.9. The van der Waals surface area contributed by atoms with Crippen LogP contribution in [-0.2, 0) is 6.42 Å². The predicted molar refractivity (Wildman–Crippen MR) is 119 cm³/mol. The van der Waals surface area contributed by atoms with Gasteiger partial charge in [0.15, 0.2) is 0 Å². The zero-order valence-corrected chi connectivity index (χ0v) is 18.0. The maximum Gasteiger partial charge on any atom is 0.261 e. The lowest BCUT2D eigenvalue weighted by molar-refractivity contribution is 0.0656. The molecule has 1 fully saturated rings. The van der Waals surface area contributed by atoms with Gasteiger partial charge in [-0.2, -0.15) is 0 Å². The van der Waals surface area contributed by atoms with Crippen molar-refractivity contribution in [2.75, 3.05) is 26.2 Å². The van der Waals surface area contributed by atoms with E-state index in [0.717, 1.165) is 44.5 Å². The number of amides is 3. The zero-order chi connectivity index (χ0) is 21.8. The van der Waals surface area contributed by atoms with Crippen LogP contribution in [0, 0.1) is 0 Å². The van der Waals surface area contributed by atoms with Gasteiger partial charge in [-0.15, -0.1) is 0 Å². The van der Waals surface area contributed by atoms with Crippen LogP contribution in [0.1, 0.15) is 62.8 Å². The van der Waals surface area contributed by atoms with Crippen molar-refractivity contribution in [1.29, 1.82) is 0 Å². The van der Waals surface area contributed by atoms with Gasteiger partial charge in [0.2, 0.25) is 0 Å². The summed E-state index contributed by atoms with van der Waals surface area (Å²) in [6.07, 6.45) is 3.61. The number of imide groups is 1. The molecule has 1 N–H and O–H groups in total. The molecule has 2 heterocycles. The van der Waals surface area contributed by atoms with E-state index < -0.39 is 0 Å². The first-order valence-electron chi connectivity index (χ1n) is 11.1. The summed E-state index contributed by atoms with van der Waals surface area (Å²) in [6.45, 7) is 5.59. The van der Waals surface area contributed by atoms with Gasteiger partial charge in [0.1, 0.15) is 0 Å². The van der Waals surface area contributed by atoms with Gasteiger partial charge in [-0.1, -0.05) is 37.3 Å². The lowest BCUT2D eigenvalue weighted by atomic mass is 10.0. The highest BCUT2D eigenvalue weighted by Gasteiger charge is 2.35. The van der Waals surface area contributed by atoms with Crippen molar-refractivity contribution in [1.82, 2.24) is 15.1 Å². The highest BCUT2D eigenvalue weighted by Crippen LogP contribution is 2.24. The summed E-state index contributed by atoms with van der Waals surface area (Å²) in [5.41, 5.74) is 2.20. The number of carbonyl (C=O) groups is 3. The average molecular weight is 420 g/mol. The lowest BCUT2D eigenvalue weighted by Crippen LogP contribution is -2.44. The van der Waals surface area contributed by atoms with Crippen LogP contribution in [0.5, 0.6) is 0 Å². The lowest BCUT2D eigenvalue weighted by Gasteiger charge is -2.32. The highest BCUT2D eigenvalue weighted by atomic mass is 16.2. The van der Waals surface area contributed by atoms with E-state index >= 15 is 0 Å². The Morgan fingerprint density at radius 1 is 0.968 bits per heavy atom. The smallest absolute Gasteiger partial charge is 0.261 e. The minimum Gasteiger partial charge on any atom is -0.349 e. The molecule has 2 aromatic carbocycles. The standard InChI is InChI=1S/C25H29N3O3/c1-2-13-27-14-11-20(12-15-27)26-23(29)19-8-9-21-22(17-19)25(31)28(24(21)30)16-10-18-6-4-3-5-7-18/h3-9,17,20H,2,10-16H2,1H3,(H,26,29). The Hall–Kier alpha value is -2.99. The van der Waals surface area contributed by atoms with Crippen LogP contribution in [0.3, 0.4) is 0 Å². The molecule has 0 aromatic heterocycles. The number of piperidine rings is 1. The van der Waals surface area contributed by atoms with Crippen molar-refractivity contribution < 1.29 is 14.4 Å². The first kappa shape index (κ1) is 21.2. The van der Waals surface area contributed by atoms with E-state index in [2.05, 4.69) is 17.1 Å². The van der Waals surface area contributed by atoms with Crippen molar-refractivity contribution in [2.24, 2.45) is 0 Å². The summed E-state index contributed by atoms with van der Waals surface area (Å²) in [4.78, 5) is 42.0. The van der Waals surface area contributed by atoms with Crippen molar-refractivity contribution >= 4 is 17.7 Å². The summed E-state index contributed by atoms with van der Waals surface area (Å²) in [5, 5.41) is 3.10. The molecule has 0 atom stereocenters. The van der Waals surface area contributed by atoms with Gasteiger partial charge >= 0.3 is 0 Å². The minimum absolute atomic E-state index is 0.147. The molecule has 0 bridgehead atoms. The molecule has 3 amide bonds. The van der Waals surface area contributed by atoms with E-state index in [0.29, 0.717) is 29.7 Å². The third-order valence-corrected chi connectivity index (χ3v) is 6.16. The molecule has 0 unspecified atom stereocenters. The molecule has 0 aliphatic carbocycles. The van der Waals surface area contributed by atoms with Crippen LogP contribution in [-0.4, -0.2) is 59.7 Å². The predicted octanol–water partition coefficient (Wildman–Crippen LogP) is 3.13.